The maximum atomic E-state index is 13.5. The minimum absolute atomic E-state index is 0.0896. The molecule has 2 aromatic rings. The van der Waals surface area contributed by atoms with E-state index in [1.807, 2.05) is 4.72 Å². The van der Waals surface area contributed by atoms with Crippen molar-refractivity contribution in [1.82, 2.24) is 10.2 Å². The summed E-state index contributed by atoms with van der Waals surface area (Å²) in [5.74, 6) is -2.02. The van der Waals surface area contributed by atoms with Crippen molar-refractivity contribution in [2.24, 2.45) is 5.73 Å². The van der Waals surface area contributed by atoms with Gasteiger partial charge in [0.2, 0.25) is 0 Å². The van der Waals surface area contributed by atoms with Gasteiger partial charge in [-0.15, -0.1) is 0 Å². The maximum absolute atomic E-state index is 13.5. The van der Waals surface area contributed by atoms with Crippen molar-refractivity contribution in [2.75, 3.05) is 4.72 Å². The molecule has 1 aromatic heterocycles. The average Bonchev–Trinajstić information content (AvgIpc) is 2.76. The third kappa shape index (κ3) is 2.49. The van der Waals surface area contributed by atoms with Gasteiger partial charge in [0.1, 0.15) is 22.2 Å². The normalized spacial score (nSPS) is 11.6. The molecule has 0 aliphatic rings. The Kier molecular flexibility index (Phi) is 3.73. The largest absolute Gasteiger partial charge is 0.325 e. The third-order valence-corrected chi connectivity index (χ3v) is 4.17. The highest BCUT2D eigenvalue weighted by Crippen LogP contribution is 2.24. The number of aromatic nitrogens is 2. The molecule has 20 heavy (non-hydrogen) atoms. The Labute approximate surface area is 114 Å². The van der Waals surface area contributed by atoms with Gasteiger partial charge in [0.05, 0.1) is 11.4 Å². The molecule has 0 saturated heterocycles. The molecule has 0 amide bonds. The van der Waals surface area contributed by atoms with E-state index in [0.717, 1.165) is 18.2 Å². The van der Waals surface area contributed by atoms with Crippen molar-refractivity contribution in [3.63, 3.8) is 0 Å². The van der Waals surface area contributed by atoms with E-state index in [1.165, 1.54) is 6.92 Å². The number of nitrogens with two attached hydrogens (primary N) is 1. The third-order valence-electron chi connectivity index (χ3n) is 2.62. The zero-order valence-corrected chi connectivity index (χ0v) is 11.3. The van der Waals surface area contributed by atoms with Gasteiger partial charge in [-0.05, 0) is 19.1 Å². The zero-order valence-electron chi connectivity index (χ0n) is 10.4. The summed E-state index contributed by atoms with van der Waals surface area (Å²) in [5.41, 5.74) is 4.97. The standard InChI is InChI=1S/C11H12F2N4O2S/c1-6-11(9(5-14)16-15-6)20(18,19)17-10-7(12)3-2-4-8(10)13/h2-4,17H,5,14H2,1H3,(H,15,16). The number of rotatable bonds is 4. The van der Waals surface area contributed by atoms with Crippen LogP contribution in [0.15, 0.2) is 23.1 Å². The number of anilines is 1. The van der Waals surface area contributed by atoms with E-state index in [9.17, 15) is 17.2 Å². The van der Waals surface area contributed by atoms with Gasteiger partial charge >= 0.3 is 0 Å². The highest BCUT2D eigenvalue weighted by Gasteiger charge is 2.25. The van der Waals surface area contributed by atoms with Crippen LogP contribution in [0, 0.1) is 18.6 Å². The Bertz CT molecular complexity index is 723. The molecule has 6 nitrogen and oxygen atoms in total. The Balaban J connectivity index is 2.49. The van der Waals surface area contributed by atoms with Crippen LogP contribution in [0.5, 0.6) is 0 Å². The molecular formula is C11H12F2N4O2S. The monoisotopic (exact) mass is 302 g/mol. The van der Waals surface area contributed by atoms with Crippen LogP contribution in [0.1, 0.15) is 11.4 Å². The number of hydrogen-bond donors (Lipinski definition) is 3. The molecule has 0 aliphatic heterocycles. The average molecular weight is 302 g/mol. The van der Waals surface area contributed by atoms with E-state index in [2.05, 4.69) is 10.2 Å². The molecule has 0 bridgehead atoms. The Hall–Kier alpha value is -2.00. The summed E-state index contributed by atoms with van der Waals surface area (Å²) in [4.78, 5) is -0.206. The van der Waals surface area contributed by atoms with Crippen LogP contribution >= 0.6 is 0 Å². The number of nitrogens with one attached hydrogen (secondary N) is 2. The van der Waals surface area contributed by atoms with Gasteiger partial charge in [-0.1, -0.05) is 6.07 Å². The van der Waals surface area contributed by atoms with Crippen molar-refractivity contribution in [3.05, 3.63) is 41.2 Å². The van der Waals surface area contributed by atoms with Gasteiger partial charge in [0.25, 0.3) is 10.0 Å². The van der Waals surface area contributed by atoms with Crippen molar-refractivity contribution in [1.29, 1.82) is 0 Å². The number of nitrogens with zero attached hydrogens (tertiary/aromatic N) is 1. The van der Waals surface area contributed by atoms with Crippen LogP contribution in [0.3, 0.4) is 0 Å². The second-order valence-electron chi connectivity index (χ2n) is 4.03. The van der Waals surface area contributed by atoms with Crippen LogP contribution in [0.4, 0.5) is 14.5 Å². The van der Waals surface area contributed by atoms with E-state index < -0.39 is 27.3 Å². The summed E-state index contributed by atoms with van der Waals surface area (Å²) < 4.78 is 53.3. The second kappa shape index (κ2) is 5.17. The predicted octanol–water partition coefficient (Wildman–Crippen LogP) is 1.26. The van der Waals surface area contributed by atoms with Crippen LogP contribution in [-0.4, -0.2) is 18.6 Å². The molecule has 0 fully saturated rings. The first-order chi connectivity index (χ1) is 9.36. The van der Waals surface area contributed by atoms with Crippen molar-refractivity contribution in [2.45, 2.75) is 18.4 Å². The van der Waals surface area contributed by atoms with E-state index in [0.29, 0.717) is 0 Å². The summed E-state index contributed by atoms with van der Waals surface area (Å²) in [6, 6.07) is 3.04. The number of aromatic amines is 1. The molecule has 1 aromatic carbocycles. The van der Waals surface area contributed by atoms with Gasteiger partial charge in [-0.3, -0.25) is 9.82 Å². The molecule has 108 valence electrons. The lowest BCUT2D eigenvalue weighted by atomic mass is 10.3. The molecule has 2 rings (SSSR count). The molecule has 0 unspecified atom stereocenters. The van der Waals surface area contributed by atoms with Crippen molar-refractivity contribution < 1.29 is 17.2 Å². The summed E-state index contributed by atoms with van der Waals surface area (Å²) in [6.45, 7) is 1.35. The van der Waals surface area contributed by atoms with Crippen LogP contribution in [0.25, 0.3) is 0 Å². The minimum atomic E-state index is -4.19. The van der Waals surface area contributed by atoms with Gasteiger partial charge < -0.3 is 5.73 Å². The first kappa shape index (κ1) is 14.4. The maximum Gasteiger partial charge on any atom is 0.265 e. The summed E-state index contributed by atoms with van der Waals surface area (Å²) in [5, 5.41) is 6.20. The molecule has 0 radical (unpaired) electrons. The van der Waals surface area contributed by atoms with Gasteiger partial charge in [0, 0.05) is 6.54 Å². The molecule has 9 heteroatoms. The summed E-state index contributed by atoms with van der Waals surface area (Å²) in [6.07, 6.45) is 0. The summed E-state index contributed by atoms with van der Waals surface area (Å²) in [7, 11) is -4.19. The van der Waals surface area contributed by atoms with Gasteiger partial charge in [-0.25, -0.2) is 17.2 Å². The smallest absolute Gasteiger partial charge is 0.265 e. The number of benzene rings is 1. The topological polar surface area (TPSA) is 101 Å². The van der Waals surface area contributed by atoms with Crippen LogP contribution in [0.2, 0.25) is 0 Å². The van der Waals surface area contributed by atoms with Crippen molar-refractivity contribution >= 4 is 15.7 Å². The highest BCUT2D eigenvalue weighted by molar-refractivity contribution is 7.92. The van der Waals surface area contributed by atoms with E-state index in [1.54, 1.807) is 0 Å². The Morgan fingerprint density at radius 1 is 1.35 bits per heavy atom. The SMILES string of the molecule is Cc1[nH]nc(CN)c1S(=O)(=O)Nc1c(F)cccc1F. The first-order valence-electron chi connectivity index (χ1n) is 5.57. The number of H-pyrrole nitrogens is 1. The molecular weight excluding hydrogens is 290 g/mol. The number of para-hydroxylation sites is 1. The summed E-state index contributed by atoms with van der Waals surface area (Å²) >= 11 is 0. The van der Waals surface area contributed by atoms with Crippen LogP contribution < -0.4 is 10.5 Å². The number of sulfonamides is 1. The van der Waals surface area contributed by atoms with Crippen molar-refractivity contribution in [3.8, 4) is 0 Å². The van der Waals surface area contributed by atoms with E-state index in [-0.39, 0.29) is 22.8 Å². The molecule has 4 N–H and O–H groups in total. The fourth-order valence-corrected chi connectivity index (χ4v) is 3.20. The number of aryl methyl sites for hydroxylation is 1. The Morgan fingerprint density at radius 2 is 1.95 bits per heavy atom. The first-order valence-corrected chi connectivity index (χ1v) is 7.06. The molecule has 0 atom stereocenters. The Morgan fingerprint density at radius 3 is 2.50 bits per heavy atom. The number of halogens is 2. The predicted molar refractivity (Wildman–Crippen MR) is 68.4 cm³/mol. The lowest BCUT2D eigenvalue weighted by Gasteiger charge is -2.10. The lowest BCUT2D eigenvalue weighted by molar-refractivity contribution is 0.582. The van der Waals surface area contributed by atoms with Gasteiger partial charge in [-0.2, -0.15) is 5.10 Å². The minimum Gasteiger partial charge on any atom is -0.325 e. The lowest BCUT2D eigenvalue weighted by Crippen LogP contribution is -2.18. The number of hydrogen-bond acceptors (Lipinski definition) is 4. The second-order valence-corrected chi connectivity index (χ2v) is 5.65. The quantitative estimate of drug-likeness (QED) is 0.791. The van der Waals surface area contributed by atoms with E-state index in [4.69, 9.17) is 5.73 Å². The molecule has 0 saturated carbocycles. The van der Waals surface area contributed by atoms with Gasteiger partial charge in [0.15, 0.2) is 0 Å². The fourth-order valence-electron chi connectivity index (χ4n) is 1.75. The fraction of sp³-hybridized carbons (Fsp3) is 0.182. The van der Waals surface area contributed by atoms with E-state index >= 15 is 0 Å². The zero-order chi connectivity index (χ0) is 14.9. The van der Waals surface area contributed by atoms with Crippen LogP contribution in [-0.2, 0) is 16.6 Å². The molecule has 1 heterocycles. The molecule has 0 spiro atoms. The molecule has 0 aliphatic carbocycles. The highest BCUT2D eigenvalue weighted by atomic mass is 32.2.